The molecule has 1 N–H and O–H groups in total. The number of hydrogen-bond acceptors (Lipinski definition) is 1. The van der Waals surface area contributed by atoms with Gasteiger partial charge < -0.3 is 5.32 Å². The van der Waals surface area contributed by atoms with E-state index in [9.17, 15) is 13.6 Å². The summed E-state index contributed by atoms with van der Waals surface area (Å²) in [5.41, 5.74) is 0. The number of amides is 1. The van der Waals surface area contributed by atoms with Gasteiger partial charge in [0.2, 0.25) is 0 Å². The second kappa shape index (κ2) is 2.52. The number of rotatable bonds is 3. The van der Waals surface area contributed by atoms with Gasteiger partial charge in [-0.05, 0) is 6.42 Å². The van der Waals surface area contributed by atoms with Gasteiger partial charge in [0.15, 0.2) is 0 Å². The van der Waals surface area contributed by atoms with Crippen LogP contribution < -0.4 is 5.32 Å². The van der Waals surface area contributed by atoms with Crippen molar-refractivity contribution in [3.05, 3.63) is 0 Å². The maximum Gasteiger partial charge on any atom is 0.309 e. The second-order valence-corrected chi connectivity index (χ2v) is 2.48. The molecule has 0 aromatic carbocycles. The third-order valence-electron chi connectivity index (χ3n) is 1.84. The third-order valence-corrected chi connectivity index (χ3v) is 1.84. The van der Waals surface area contributed by atoms with Gasteiger partial charge in [-0.15, -0.1) is 0 Å². The standard InChI is InChI=1S/C6H8F2NO/c7-6(8)2-1-5(6)3-9-4-10/h5H,1-3H2,(H,9,10). The predicted molar refractivity (Wildman–Crippen MR) is 31.4 cm³/mol. The Bertz CT molecular complexity index is 138. The number of halogens is 2. The van der Waals surface area contributed by atoms with Crippen LogP contribution in [0.5, 0.6) is 0 Å². The van der Waals surface area contributed by atoms with Crippen LogP contribution in [-0.4, -0.2) is 18.9 Å². The highest BCUT2D eigenvalue weighted by Crippen LogP contribution is 2.42. The maximum atomic E-state index is 12.4. The first-order valence-electron chi connectivity index (χ1n) is 3.14. The fraction of sp³-hybridized carbons (Fsp3) is 0.833. The Morgan fingerprint density at radius 1 is 1.70 bits per heavy atom. The topological polar surface area (TPSA) is 29.1 Å². The highest BCUT2D eigenvalue weighted by atomic mass is 19.3. The first kappa shape index (κ1) is 7.44. The van der Waals surface area contributed by atoms with Gasteiger partial charge >= 0.3 is 6.41 Å². The van der Waals surface area contributed by atoms with E-state index in [4.69, 9.17) is 0 Å². The molecule has 0 bridgehead atoms. The van der Waals surface area contributed by atoms with Crippen LogP contribution in [0.15, 0.2) is 0 Å². The minimum Gasteiger partial charge on any atom is -0.347 e. The summed E-state index contributed by atoms with van der Waals surface area (Å²) >= 11 is 0. The summed E-state index contributed by atoms with van der Waals surface area (Å²) in [6.45, 7) is 0.0521. The van der Waals surface area contributed by atoms with Crippen LogP contribution in [0.3, 0.4) is 0 Å². The fourth-order valence-corrected chi connectivity index (χ4v) is 0.983. The number of nitrogens with one attached hydrogen (secondary N) is 1. The lowest BCUT2D eigenvalue weighted by Gasteiger charge is -2.35. The second-order valence-electron chi connectivity index (χ2n) is 2.48. The van der Waals surface area contributed by atoms with Gasteiger partial charge in [-0.3, -0.25) is 4.79 Å². The lowest BCUT2D eigenvalue weighted by molar-refractivity contribution is -0.128. The van der Waals surface area contributed by atoms with Crippen molar-refractivity contribution in [1.29, 1.82) is 0 Å². The minimum absolute atomic E-state index is 0.0434. The van der Waals surface area contributed by atoms with Crippen LogP contribution in [0.25, 0.3) is 0 Å². The molecule has 1 amide bonds. The van der Waals surface area contributed by atoms with E-state index in [1.807, 2.05) is 0 Å². The highest BCUT2D eigenvalue weighted by Gasteiger charge is 2.47. The van der Waals surface area contributed by atoms with Gasteiger partial charge in [0.25, 0.3) is 5.92 Å². The molecule has 1 aliphatic carbocycles. The molecule has 0 saturated heterocycles. The summed E-state index contributed by atoms with van der Waals surface area (Å²) in [5, 5.41) is 2.12. The first-order valence-corrected chi connectivity index (χ1v) is 3.14. The maximum absolute atomic E-state index is 12.4. The van der Waals surface area contributed by atoms with Crippen LogP contribution in [0.4, 0.5) is 8.78 Å². The third kappa shape index (κ3) is 1.25. The van der Waals surface area contributed by atoms with Crippen LogP contribution in [0, 0.1) is 5.92 Å². The van der Waals surface area contributed by atoms with Gasteiger partial charge in [-0.1, -0.05) is 0 Å². The van der Waals surface area contributed by atoms with Crippen molar-refractivity contribution in [1.82, 2.24) is 5.32 Å². The molecule has 2 nitrogen and oxygen atoms in total. The largest absolute Gasteiger partial charge is 0.347 e. The summed E-state index contributed by atoms with van der Waals surface area (Å²) in [4.78, 5) is 9.58. The molecule has 1 fully saturated rings. The average molecular weight is 148 g/mol. The molecule has 0 aliphatic heterocycles. The Morgan fingerprint density at radius 2 is 2.40 bits per heavy atom. The first-order chi connectivity index (χ1) is 4.67. The monoisotopic (exact) mass is 148 g/mol. The summed E-state index contributed by atoms with van der Waals surface area (Å²) in [6, 6.07) is 0. The van der Waals surface area contributed by atoms with E-state index < -0.39 is 11.8 Å². The smallest absolute Gasteiger partial charge is 0.309 e. The summed E-state index contributed by atoms with van der Waals surface area (Å²) < 4.78 is 24.7. The zero-order valence-electron chi connectivity index (χ0n) is 5.36. The van der Waals surface area contributed by atoms with E-state index in [-0.39, 0.29) is 13.0 Å². The van der Waals surface area contributed by atoms with E-state index in [1.165, 1.54) is 6.41 Å². The minimum atomic E-state index is -2.55. The van der Waals surface area contributed by atoms with Gasteiger partial charge in [0, 0.05) is 18.9 Å². The lowest BCUT2D eigenvalue weighted by Crippen LogP contribution is -2.44. The molecule has 0 aromatic heterocycles. The van der Waals surface area contributed by atoms with Crippen molar-refractivity contribution >= 4 is 6.41 Å². The van der Waals surface area contributed by atoms with Crippen molar-refractivity contribution in [3.8, 4) is 0 Å². The molecule has 1 atom stereocenters. The van der Waals surface area contributed by atoms with E-state index in [2.05, 4.69) is 5.32 Å². The van der Waals surface area contributed by atoms with Crippen molar-refractivity contribution in [3.63, 3.8) is 0 Å². The molecule has 57 valence electrons. The molecule has 1 saturated carbocycles. The molecule has 0 spiro atoms. The Balaban J connectivity index is 2.23. The molecule has 1 unspecified atom stereocenters. The van der Waals surface area contributed by atoms with Crippen molar-refractivity contribution < 1.29 is 13.6 Å². The number of carbonyl (C=O) groups excluding carboxylic acids is 1. The van der Waals surface area contributed by atoms with Gasteiger partial charge in [0.05, 0.1) is 0 Å². The Labute approximate surface area is 57.6 Å². The van der Waals surface area contributed by atoms with Crippen molar-refractivity contribution in [2.45, 2.75) is 18.8 Å². The van der Waals surface area contributed by atoms with Crippen molar-refractivity contribution in [2.24, 2.45) is 5.92 Å². The Kier molecular flexibility index (Phi) is 1.87. The summed E-state index contributed by atoms with van der Waals surface area (Å²) in [7, 11) is 0. The SMILES string of the molecule is O=[C]NCC1CCC1(F)F. The molecule has 4 heteroatoms. The van der Waals surface area contributed by atoms with E-state index >= 15 is 0 Å². The molecule has 0 aromatic rings. The predicted octanol–water partition coefficient (Wildman–Crippen LogP) is 0.688. The average Bonchev–Trinajstić information content (AvgIpc) is 1.87. The molecule has 0 heterocycles. The molecular formula is C6H8F2NO. The van der Waals surface area contributed by atoms with Gasteiger partial charge in [0.1, 0.15) is 0 Å². The quantitative estimate of drug-likeness (QED) is 0.586. The molecule has 1 radical (unpaired) electrons. The van der Waals surface area contributed by atoms with Crippen LogP contribution in [0.2, 0.25) is 0 Å². The number of hydrogen-bond donors (Lipinski definition) is 1. The zero-order valence-corrected chi connectivity index (χ0v) is 5.36. The Morgan fingerprint density at radius 3 is 2.70 bits per heavy atom. The Hall–Kier alpha value is -0.670. The van der Waals surface area contributed by atoms with E-state index in [1.54, 1.807) is 0 Å². The van der Waals surface area contributed by atoms with Crippen LogP contribution >= 0.6 is 0 Å². The van der Waals surface area contributed by atoms with Gasteiger partial charge in [-0.25, -0.2) is 8.78 Å². The highest BCUT2D eigenvalue weighted by molar-refractivity contribution is 5.47. The molecular weight excluding hydrogens is 140 g/mol. The fourth-order valence-electron chi connectivity index (χ4n) is 0.983. The molecule has 1 aliphatic rings. The number of alkyl halides is 2. The molecule has 10 heavy (non-hydrogen) atoms. The zero-order chi connectivity index (χ0) is 7.61. The summed E-state index contributed by atoms with van der Waals surface area (Å²) in [6.07, 6.45) is 1.83. The normalized spacial score (nSPS) is 28.8. The van der Waals surface area contributed by atoms with Crippen LogP contribution in [0.1, 0.15) is 12.8 Å². The lowest BCUT2D eigenvalue weighted by atomic mass is 9.81. The van der Waals surface area contributed by atoms with Crippen molar-refractivity contribution in [2.75, 3.05) is 6.54 Å². The summed E-state index contributed by atoms with van der Waals surface area (Å²) in [5.74, 6) is -3.21. The van der Waals surface area contributed by atoms with Crippen LogP contribution in [-0.2, 0) is 4.79 Å². The molecule has 1 rings (SSSR count). The van der Waals surface area contributed by atoms with E-state index in [0.29, 0.717) is 6.42 Å². The van der Waals surface area contributed by atoms with Gasteiger partial charge in [-0.2, -0.15) is 0 Å². The van der Waals surface area contributed by atoms with E-state index in [0.717, 1.165) is 0 Å².